The minimum absolute atomic E-state index is 0.00675. The van der Waals surface area contributed by atoms with Crippen molar-refractivity contribution in [3.05, 3.63) is 35.9 Å². The van der Waals surface area contributed by atoms with Crippen LogP contribution in [0.4, 0.5) is 0 Å². The first kappa shape index (κ1) is 21.3. The van der Waals surface area contributed by atoms with Gasteiger partial charge in [0.2, 0.25) is 0 Å². The molecule has 3 aliphatic carbocycles. The zero-order valence-corrected chi connectivity index (χ0v) is 18.1. The molecule has 3 aliphatic rings. The minimum atomic E-state index is -0.794. The van der Waals surface area contributed by atoms with Gasteiger partial charge in [-0.1, -0.05) is 44.2 Å². The highest BCUT2D eigenvalue weighted by Gasteiger charge is 2.63. The molecule has 0 amide bonds. The first-order valence-corrected chi connectivity index (χ1v) is 11.6. The Morgan fingerprint density at radius 2 is 1.69 bits per heavy atom. The Bertz CT molecular complexity index is 711. The monoisotopic (exact) mass is 401 g/mol. The molecular weight excluding hydrogens is 362 g/mol. The third kappa shape index (κ3) is 3.10. The van der Waals surface area contributed by atoms with Crippen LogP contribution in [-0.2, 0) is 5.60 Å². The van der Waals surface area contributed by atoms with E-state index in [4.69, 9.17) is 5.73 Å². The highest BCUT2D eigenvalue weighted by molar-refractivity contribution is 5.29. The first-order chi connectivity index (χ1) is 13.8. The van der Waals surface area contributed by atoms with Crippen LogP contribution in [0, 0.1) is 34.5 Å². The van der Waals surface area contributed by atoms with Crippen LogP contribution in [-0.4, -0.2) is 34.6 Å². The molecule has 3 fully saturated rings. The number of nitrogens with two attached hydrogens (primary N) is 1. The van der Waals surface area contributed by atoms with Gasteiger partial charge in [-0.15, -0.1) is 0 Å². The maximum Gasteiger partial charge on any atom is 0.0952 e. The second-order valence-electron chi connectivity index (χ2n) is 10.6. The Balaban J connectivity index is 1.66. The fourth-order valence-electron chi connectivity index (χ4n) is 7.81. The molecule has 162 valence electrons. The van der Waals surface area contributed by atoms with Gasteiger partial charge in [0.1, 0.15) is 0 Å². The molecule has 4 nitrogen and oxygen atoms in total. The van der Waals surface area contributed by atoms with E-state index in [0.29, 0.717) is 30.7 Å². The average Bonchev–Trinajstić information content (AvgIpc) is 3.01. The highest BCUT2D eigenvalue weighted by atomic mass is 16.3. The Hall–Kier alpha value is -0.940. The third-order valence-corrected chi connectivity index (χ3v) is 9.69. The van der Waals surface area contributed by atoms with Crippen LogP contribution in [0.15, 0.2) is 30.3 Å². The van der Waals surface area contributed by atoms with E-state index in [2.05, 4.69) is 26.0 Å². The number of hydrogen-bond acceptors (Lipinski definition) is 4. The van der Waals surface area contributed by atoms with Gasteiger partial charge in [-0.05, 0) is 86.1 Å². The van der Waals surface area contributed by atoms with E-state index >= 15 is 0 Å². The number of hydrogen-bond donors (Lipinski definition) is 4. The van der Waals surface area contributed by atoms with Gasteiger partial charge in [0.05, 0.1) is 11.7 Å². The molecule has 1 aromatic carbocycles. The Kier molecular flexibility index (Phi) is 5.61. The van der Waals surface area contributed by atoms with E-state index in [1.807, 2.05) is 18.2 Å². The molecule has 8 atom stereocenters. The van der Waals surface area contributed by atoms with Crippen molar-refractivity contribution in [2.45, 2.75) is 70.5 Å². The molecule has 0 heterocycles. The molecule has 4 rings (SSSR count). The minimum Gasteiger partial charge on any atom is -0.396 e. The van der Waals surface area contributed by atoms with Gasteiger partial charge in [-0.2, -0.15) is 0 Å². The molecule has 0 radical (unpaired) electrons. The molecule has 4 heteroatoms. The van der Waals surface area contributed by atoms with Gasteiger partial charge in [-0.25, -0.2) is 0 Å². The number of aliphatic hydroxyl groups excluding tert-OH is 2. The summed E-state index contributed by atoms with van der Waals surface area (Å²) in [6.45, 7) is 5.38. The normalized spacial score (nSPS) is 47.7. The fraction of sp³-hybridized carbons (Fsp3) is 0.760. The van der Waals surface area contributed by atoms with Crippen molar-refractivity contribution in [3.63, 3.8) is 0 Å². The van der Waals surface area contributed by atoms with Crippen molar-refractivity contribution in [1.29, 1.82) is 0 Å². The molecular formula is C25H39NO3. The summed E-state index contributed by atoms with van der Waals surface area (Å²) in [5.41, 5.74) is 6.50. The zero-order valence-electron chi connectivity index (χ0n) is 18.1. The number of benzene rings is 1. The van der Waals surface area contributed by atoms with E-state index < -0.39 is 5.60 Å². The summed E-state index contributed by atoms with van der Waals surface area (Å²) in [7, 11) is 0. The second kappa shape index (κ2) is 7.64. The van der Waals surface area contributed by atoms with Crippen LogP contribution in [0.25, 0.3) is 0 Å². The van der Waals surface area contributed by atoms with Gasteiger partial charge in [0, 0.05) is 12.0 Å². The van der Waals surface area contributed by atoms with Crippen molar-refractivity contribution in [2.24, 2.45) is 40.2 Å². The summed E-state index contributed by atoms with van der Waals surface area (Å²) in [6.07, 6.45) is 5.98. The van der Waals surface area contributed by atoms with Crippen LogP contribution < -0.4 is 5.73 Å². The average molecular weight is 402 g/mol. The van der Waals surface area contributed by atoms with Crippen molar-refractivity contribution < 1.29 is 15.3 Å². The van der Waals surface area contributed by atoms with Gasteiger partial charge in [0.15, 0.2) is 0 Å². The van der Waals surface area contributed by atoms with E-state index in [-0.39, 0.29) is 29.5 Å². The summed E-state index contributed by atoms with van der Waals surface area (Å²) in [4.78, 5) is 0. The standard InChI is InChI=1S/C25H39NO3/c1-23(11-8-19(28)14-18(23)16-27)21-9-12-24(2)22(20(21)15-26)10-13-25(24,29)17-6-4-3-5-7-17/h3-7,18-22,27-29H,8-16,26H2,1-2H3/t18-,19+,20-,21+,22+,23+,24+,25-/m1/s1. The van der Waals surface area contributed by atoms with Crippen molar-refractivity contribution >= 4 is 0 Å². The SMILES string of the molecule is C[C@]1([C@H]2CC[C@@]3(C)[C@@H](CC[C@@]3(O)c3ccccc3)[C@@H]2CN)CC[C@H](O)C[C@@H]1CO. The maximum atomic E-state index is 11.9. The summed E-state index contributed by atoms with van der Waals surface area (Å²) in [5, 5.41) is 32.2. The molecule has 0 bridgehead atoms. The largest absolute Gasteiger partial charge is 0.396 e. The zero-order chi connectivity index (χ0) is 20.9. The van der Waals surface area contributed by atoms with Gasteiger partial charge < -0.3 is 21.1 Å². The molecule has 0 spiro atoms. The fourth-order valence-corrected chi connectivity index (χ4v) is 7.81. The molecule has 0 saturated heterocycles. The molecule has 0 aromatic heterocycles. The van der Waals surface area contributed by atoms with Crippen molar-refractivity contribution in [1.82, 2.24) is 0 Å². The molecule has 5 N–H and O–H groups in total. The summed E-state index contributed by atoms with van der Waals surface area (Å²) < 4.78 is 0. The summed E-state index contributed by atoms with van der Waals surface area (Å²) in [6, 6.07) is 10.2. The Morgan fingerprint density at radius 1 is 1.00 bits per heavy atom. The van der Waals surface area contributed by atoms with Crippen LogP contribution in [0.3, 0.4) is 0 Å². The van der Waals surface area contributed by atoms with E-state index in [1.165, 1.54) is 0 Å². The van der Waals surface area contributed by atoms with Gasteiger partial charge in [-0.3, -0.25) is 0 Å². The van der Waals surface area contributed by atoms with Crippen LogP contribution >= 0.6 is 0 Å². The maximum absolute atomic E-state index is 11.9. The summed E-state index contributed by atoms with van der Waals surface area (Å²) >= 11 is 0. The molecule has 0 aliphatic heterocycles. The lowest BCUT2D eigenvalue weighted by Gasteiger charge is -2.58. The topological polar surface area (TPSA) is 86.7 Å². The molecule has 29 heavy (non-hydrogen) atoms. The lowest BCUT2D eigenvalue weighted by molar-refractivity contribution is -0.144. The Morgan fingerprint density at radius 3 is 2.34 bits per heavy atom. The number of aliphatic hydroxyl groups is 3. The predicted molar refractivity (Wildman–Crippen MR) is 115 cm³/mol. The molecule has 1 aromatic rings. The Labute approximate surface area is 175 Å². The summed E-state index contributed by atoms with van der Waals surface area (Å²) in [5.74, 6) is 1.30. The quantitative estimate of drug-likeness (QED) is 0.622. The highest BCUT2D eigenvalue weighted by Crippen LogP contribution is 2.67. The van der Waals surface area contributed by atoms with E-state index in [1.54, 1.807) is 0 Å². The van der Waals surface area contributed by atoms with Crippen molar-refractivity contribution in [2.75, 3.05) is 13.2 Å². The second-order valence-corrected chi connectivity index (χ2v) is 10.6. The third-order valence-electron chi connectivity index (χ3n) is 9.69. The van der Waals surface area contributed by atoms with E-state index in [9.17, 15) is 15.3 Å². The molecule has 3 saturated carbocycles. The molecule has 0 unspecified atom stereocenters. The predicted octanol–water partition coefficient (Wildman–Crippen LogP) is 3.44. The smallest absolute Gasteiger partial charge is 0.0952 e. The van der Waals surface area contributed by atoms with Gasteiger partial charge in [0.25, 0.3) is 0 Å². The van der Waals surface area contributed by atoms with Crippen molar-refractivity contribution in [3.8, 4) is 0 Å². The number of rotatable bonds is 4. The number of fused-ring (bicyclic) bond motifs is 1. The van der Waals surface area contributed by atoms with Gasteiger partial charge >= 0.3 is 0 Å². The lowest BCUT2D eigenvalue weighted by Crippen LogP contribution is -2.55. The first-order valence-electron chi connectivity index (χ1n) is 11.6. The van der Waals surface area contributed by atoms with E-state index in [0.717, 1.165) is 44.1 Å². The van der Waals surface area contributed by atoms with Crippen LogP contribution in [0.2, 0.25) is 0 Å². The van der Waals surface area contributed by atoms with Crippen LogP contribution in [0.5, 0.6) is 0 Å². The van der Waals surface area contributed by atoms with Crippen LogP contribution in [0.1, 0.15) is 64.4 Å². The lowest BCUT2D eigenvalue weighted by atomic mass is 9.48.